The normalized spacial score (nSPS) is 10.8. The zero-order chi connectivity index (χ0) is 20.4. The molecule has 2 aromatic carbocycles. The Kier molecular flexibility index (Phi) is 5.28. The van der Waals surface area contributed by atoms with Gasteiger partial charge in [-0.3, -0.25) is 9.59 Å². The Hall–Kier alpha value is -3.23. The molecule has 146 valence electrons. The van der Waals surface area contributed by atoms with Gasteiger partial charge in [0.05, 0.1) is 4.70 Å². The summed E-state index contributed by atoms with van der Waals surface area (Å²) in [5.41, 5.74) is 1.18. The molecule has 2 heterocycles. The van der Waals surface area contributed by atoms with Crippen LogP contribution >= 0.6 is 22.7 Å². The van der Waals surface area contributed by atoms with Crippen molar-refractivity contribution in [3.8, 4) is 0 Å². The summed E-state index contributed by atoms with van der Waals surface area (Å²) < 4.78 is 8.43. The van der Waals surface area contributed by atoms with Gasteiger partial charge < -0.3 is 15.4 Å². The van der Waals surface area contributed by atoms with Gasteiger partial charge in [-0.05, 0) is 36.4 Å². The van der Waals surface area contributed by atoms with Crippen LogP contribution in [-0.4, -0.2) is 24.4 Å². The van der Waals surface area contributed by atoms with Crippen molar-refractivity contribution in [1.82, 2.24) is 0 Å². The number of ether oxygens (including phenoxy) is 1. The van der Waals surface area contributed by atoms with Crippen LogP contribution in [0, 0.1) is 0 Å². The van der Waals surface area contributed by atoms with Crippen molar-refractivity contribution in [2.45, 2.75) is 6.92 Å². The van der Waals surface area contributed by atoms with Crippen molar-refractivity contribution in [3.63, 3.8) is 0 Å². The number of esters is 1. The largest absolute Gasteiger partial charge is 0.451 e. The Labute approximate surface area is 174 Å². The van der Waals surface area contributed by atoms with Gasteiger partial charge in [0.1, 0.15) is 4.88 Å². The number of hydrogen-bond acceptors (Lipinski definition) is 6. The van der Waals surface area contributed by atoms with Crippen LogP contribution in [0.3, 0.4) is 0 Å². The second kappa shape index (κ2) is 8.02. The molecule has 4 aromatic rings. The fourth-order valence-corrected chi connectivity index (χ4v) is 5.26. The third-order valence-electron chi connectivity index (χ3n) is 4.07. The summed E-state index contributed by atoms with van der Waals surface area (Å²) in [6.45, 7) is 1.04. The molecule has 0 aliphatic heterocycles. The van der Waals surface area contributed by atoms with E-state index in [9.17, 15) is 14.4 Å². The summed E-state index contributed by atoms with van der Waals surface area (Å²) in [6.07, 6.45) is 0. The molecule has 0 spiro atoms. The highest BCUT2D eigenvalue weighted by Gasteiger charge is 2.16. The van der Waals surface area contributed by atoms with Crippen LogP contribution in [0.5, 0.6) is 0 Å². The van der Waals surface area contributed by atoms with Crippen LogP contribution in [0.15, 0.2) is 54.6 Å². The second-order valence-electron chi connectivity index (χ2n) is 6.29. The van der Waals surface area contributed by atoms with E-state index < -0.39 is 11.9 Å². The van der Waals surface area contributed by atoms with Crippen LogP contribution in [0.25, 0.3) is 19.5 Å². The molecule has 4 rings (SSSR count). The van der Waals surface area contributed by atoms with E-state index in [1.54, 1.807) is 35.6 Å². The smallest absolute Gasteiger partial charge is 0.348 e. The third kappa shape index (κ3) is 4.28. The maximum absolute atomic E-state index is 12.3. The highest BCUT2D eigenvalue weighted by Crippen LogP contribution is 2.39. The average Bonchev–Trinajstić information content (AvgIpc) is 3.25. The van der Waals surface area contributed by atoms with Gasteiger partial charge in [0.25, 0.3) is 5.91 Å². The van der Waals surface area contributed by atoms with E-state index in [-0.39, 0.29) is 12.5 Å². The maximum Gasteiger partial charge on any atom is 0.348 e. The standard InChI is InChI=1S/C21H16N2O4S2/c1-12(24)22-13-6-8-14(9-7-13)23-19(25)11-27-21(26)18-10-17-20(29-18)15-4-2-3-5-16(15)28-17/h2-10H,11H2,1H3,(H,22,24)(H,23,25). The summed E-state index contributed by atoms with van der Waals surface area (Å²) in [5.74, 6) is -1.12. The number of carbonyl (C=O) groups is 3. The Morgan fingerprint density at radius 3 is 2.31 bits per heavy atom. The van der Waals surface area contributed by atoms with Crippen molar-refractivity contribution in [1.29, 1.82) is 0 Å². The van der Waals surface area contributed by atoms with Gasteiger partial charge in [0, 0.05) is 33.1 Å². The first-order valence-electron chi connectivity index (χ1n) is 8.75. The fourth-order valence-electron chi connectivity index (χ4n) is 2.84. The Morgan fingerprint density at radius 2 is 1.59 bits per heavy atom. The van der Waals surface area contributed by atoms with Gasteiger partial charge in [-0.1, -0.05) is 18.2 Å². The van der Waals surface area contributed by atoms with Gasteiger partial charge in [0.2, 0.25) is 5.91 Å². The Morgan fingerprint density at radius 1 is 0.897 bits per heavy atom. The lowest BCUT2D eigenvalue weighted by molar-refractivity contribution is -0.119. The molecule has 0 aliphatic carbocycles. The van der Waals surface area contributed by atoms with E-state index in [2.05, 4.69) is 16.7 Å². The van der Waals surface area contributed by atoms with Gasteiger partial charge in [-0.25, -0.2) is 4.79 Å². The van der Waals surface area contributed by atoms with E-state index in [0.717, 1.165) is 14.8 Å². The molecule has 0 atom stereocenters. The van der Waals surface area contributed by atoms with Crippen molar-refractivity contribution >= 4 is 71.3 Å². The molecule has 2 amide bonds. The first kappa shape index (κ1) is 19.1. The average molecular weight is 425 g/mol. The van der Waals surface area contributed by atoms with Crippen LogP contribution < -0.4 is 10.6 Å². The lowest BCUT2D eigenvalue weighted by atomic mass is 10.2. The lowest BCUT2D eigenvalue weighted by Gasteiger charge is -2.07. The number of benzene rings is 2. The number of fused-ring (bicyclic) bond motifs is 3. The molecule has 0 saturated heterocycles. The van der Waals surface area contributed by atoms with Crippen LogP contribution in [-0.2, 0) is 14.3 Å². The van der Waals surface area contributed by atoms with Gasteiger partial charge in [-0.15, -0.1) is 22.7 Å². The van der Waals surface area contributed by atoms with Crippen LogP contribution in [0.2, 0.25) is 0 Å². The monoisotopic (exact) mass is 424 g/mol. The molecule has 0 unspecified atom stereocenters. The molecular formula is C21H16N2O4S2. The topological polar surface area (TPSA) is 84.5 Å². The Balaban J connectivity index is 1.36. The van der Waals surface area contributed by atoms with Crippen molar-refractivity contribution in [3.05, 3.63) is 59.5 Å². The van der Waals surface area contributed by atoms with E-state index >= 15 is 0 Å². The molecule has 0 radical (unpaired) electrons. The highest BCUT2D eigenvalue weighted by molar-refractivity contribution is 7.33. The van der Waals surface area contributed by atoms with Crippen molar-refractivity contribution < 1.29 is 19.1 Å². The zero-order valence-electron chi connectivity index (χ0n) is 15.4. The number of rotatable bonds is 5. The molecule has 0 aliphatic rings. The first-order chi connectivity index (χ1) is 14.0. The summed E-state index contributed by atoms with van der Waals surface area (Å²) in [4.78, 5) is 35.9. The quantitative estimate of drug-likeness (QED) is 0.448. The van der Waals surface area contributed by atoms with E-state index in [1.807, 2.05) is 24.3 Å². The fraction of sp³-hybridized carbons (Fsp3) is 0.0952. The van der Waals surface area contributed by atoms with Crippen LogP contribution in [0.1, 0.15) is 16.6 Å². The molecule has 0 saturated carbocycles. The number of anilines is 2. The summed E-state index contributed by atoms with van der Waals surface area (Å²) in [5, 5.41) is 6.42. The molecule has 0 bridgehead atoms. The van der Waals surface area contributed by atoms with Crippen molar-refractivity contribution in [2.24, 2.45) is 0 Å². The van der Waals surface area contributed by atoms with Gasteiger partial charge >= 0.3 is 5.97 Å². The van der Waals surface area contributed by atoms with Crippen LogP contribution in [0.4, 0.5) is 11.4 Å². The minimum atomic E-state index is -0.515. The molecule has 2 N–H and O–H groups in total. The Bertz CT molecular complexity index is 1220. The number of amides is 2. The number of hydrogen-bond donors (Lipinski definition) is 2. The van der Waals surface area contributed by atoms with Gasteiger partial charge in [0.15, 0.2) is 6.61 Å². The molecule has 6 nitrogen and oxygen atoms in total. The van der Waals surface area contributed by atoms with Crippen molar-refractivity contribution in [2.75, 3.05) is 17.2 Å². The molecule has 29 heavy (non-hydrogen) atoms. The number of nitrogens with one attached hydrogen (secondary N) is 2. The number of carbonyl (C=O) groups excluding carboxylic acids is 3. The number of thiophene rings is 2. The minimum absolute atomic E-state index is 0.171. The zero-order valence-corrected chi connectivity index (χ0v) is 17.0. The third-order valence-corrected chi connectivity index (χ3v) is 6.47. The highest BCUT2D eigenvalue weighted by atomic mass is 32.1. The lowest BCUT2D eigenvalue weighted by Crippen LogP contribution is -2.20. The SMILES string of the molecule is CC(=O)Nc1ccc(NC(=O)COC(=O)c2cc3sc4ccccc4c3s2)cc1. The summed E-state index contributed by atoms with van der Waals surface area (Å²) in [6, 6.07) is 16.5. The first-order valence-corrected chi connectivity index (χ1v) is 10.4. The predicted molar refractivity (Wildman–Crippen MR) is 117 cm³/mol. The predicted octanol–water partition coefficient (Wildman–Crippen LogP) is 4.87. The second-order valence-corrected chi connectivity index (χ2v) is 8.42. The van der Waals surface area contributed by atoms with E-state index in [4.69, 9.17) is 4.74 Å². The van der Waals surface area contributed by atoms with Gasteiger partial charge in [-0.2, -0.15) is 0 Å². The molecular weight excluding hydrogens is 408 g/mol. The maximum atomic E-state index is 12.3. The molecule has 2 aromatic heterocycles. The molecule has 0 fully saturated rings. The van der Waals surface area contributed by atoms with E-state index in [0.29, 0.717) is 16.3 Å². The minimum Gasteiger partial charge on any atom is -0.451 e. The summed E-state index contributed by atoms with van der Waals surface area (Å²) >= 11 is 3.00. The summed E-state index contributed by atoms with van der Waals surface area (Å²) in [7, 11) is 0. The molecule has 8 heteroatoms. The van der Waals surface area contributed by atoms with E-state index in [1.165, 1.54) is 23.0 Å².